The summed E-state index contributed by atoms with van der Waals surface area (Å²) in [4.78, 5) is 21.9. The Morgan fingerprint density at radius 3 is 2.74 bits per heavy atom. The minimum Gasteiger partial charge on any atom is -0.341 e. The van der Waals surface area contributed by atoms with E-state index in [4.69, 9.17) is 0 Å². The van der Waals surface area contributed by atoms with Gasteiger partial charge in [-0.2, -0.15) is 0 Å². The van der Waals surface area contributed by atoms with Crippen molar-refractivity contribution in [1.82, 2.24) is 20.1 Å². The number of piperazine rings is 1. The number of hydrogen-bond donors (Lipinski definition) is 1. The van der Waals surface area contributed by atoms with Crippen molar-refractivity contribution < 1.29 is 4.79 Å². The van der Waals surface area contributed by atoms with E-state index in [0.29, 0.717) is 6.04 Å². The second-order valence-electron chi connectivity index (χ2n) is 6.31. The van der Waals surface area contributed by atoms with E-state index in [1.165, 1.54) is 0 Å². The molecule has 1 aromatic heterocycles. The van der Waals surface area contributed by atoms with Crippen LogP contribution in [0, 0.1) is 0 Å². The number of nitrogens with zero attached hydrogens (tertiary/aromatic N) is 3. The molecule has 0 bridgehead atoms. The van der Waals surface area contributed by atoms with Gasteiger partial charge in [-0.25, -0.2) is 0 Å². The molecule has 2 heterocycles. The summed E-state index contributed by atoms with van der Waals surface area (Å²) in [6.07, 6.45) is 5.58. The molecule has 0 aromatic carbocycles. The van der Waals surface area contributed by atoms with E-state index in [0.717, 1.165) is 51.1 Å². The van der Waals surface area contributed by atoms with Crippen molar-refractivity contribution >= 4 is 5.91 Å². The Kier molecular flexibility index (Phi) is 6.99. The number of nitrogens with one attached hydrogen (secondary N) is 1. The highest BCUT2D eigenvalue weighted by Crippen LogP contribution is 2.26. The summed E-state index contributed by atoms with van der Waals surface area (Å²) >= 11 is 0. The molecule has 1 aliphatic rings. The molecule has 128 valence electrons. The molecule has 0 radical (unpaired) electrons. The third kappa shape index (κ3) is 4.52. The molecule has 5 heteroatoms. The number of carbonyl (C=O) groups is 1. The smallest absolute Gasteiger partial charge is 0.244 e. The molecule has 2 atom stereocenters. The first-order chi connectivity index (χ1) is 11.2. The molecular weight excluding hydrogens is 288 g/mol. The standard InChI is InChI=1S/C18H30N4O/c1-4-10-21(11-5-2)18(23)17(16-7-6-8-19-14-16)22-12-9-20-13-15(22)3/h6-8,14-15,17,20H,4-5,9-13H2,1-3H3. The zero-order valence-corrected chi connectivity index (χ0v) is 14.7. The molecule has 2 unspecified atom stereocenters. The van der Waals surface area contributed by atoms with Gasteiger partial charge in [0.1, 0.15) is 6.04 Å². The molecule has 1 saturated heterocycles. The van der Waals surface area contributed by atoms with Gasteiger partial charge >= 0.3 is 0 Å². The van der Waals surface area contributed by atoms with Crippen LogP contribution in [0.25, 0.3) is 0 Å². The minimum atomic E-state index is -0.223. The second-order valence-corrected chi connectivity index (χ2v) is 6.31. The third-order valence-corrected chi connectivity index (χ3v) is 4.42. The highest BCUT2D eigenvalue weighted by Gasteiger charge is 2.34. The van der Waals surface area contributed by atoms with Gasteiger partial charge in [-0.3, -0.25) is 14.7 Å². The van der Waals surface area contributed by atoms with Gasteiger partial charge in [0.2, 0.25) is 5.91 Å². The molecule has 5 nitrogen and oxygen atoms in total. The van der Waals surface area contributed by atoms with Crippen LogP contribution in [-0.2, 0) is 4.79 Å². The van der Waals surface area contributed by atoms with Crippen LogP contribution >= 0.6 is 0 Å². The summed E-state index contributed by atoms with van der Waals surface area (Å²) in [5.74, 6) is 0.218. The Morgan fingerprint density at radius 1 is 1.43 bits per heavy atom. The lowest BCUT2D eigenvalue weighted by Gasteiger charge is -2.41. The van der Waals surface area contributed by atoms with Crippen LogP contribution in [0.15, 0.2) is 24.5 Å². The van der Waals surface area contributed by atoms with E-state index >= 15 is 0 Å². The molecule has 23 heavy (non-hydrogen) atoms. The van der Waals surface area contributed by atoms with E-state index in [2.05, 4.69) is 36.0 Å². The van der Waals surface area contributed by atoms with Crippen molar-refractivity contribution in [2.45, 2.75) is 45.7 Å². The largest absolute Gasteiger partial charge is 0.341 e. The SMILES string of the molecule is CCCN(CCC)C(=O)C(c1cccnc1)N1CCNCC1C. The number of amides is 1. The van der Waals surface area contributed by atoms with Gasteiger partial charge in [0.15, 0.2) is 0 Å². The molecule has 0 aliphatic carbocycles. The molecule has 0 spiro atoms. The molecular formula is C18H30N4O. The Balaban J connectivity index is 2.30. The van der Waals surface area contributed by atoms with E-state index < -0.39 is 0 Å². The topological polar surface area (TPSA) is 48.5 Å². The minimum absolute atomic E-state index is 0.218. The maximum Gasteiger partial charge on any atom is 0.244 e. The number of pyridine rings is 1. The quantitative estimate of drug-likeness (QED) is 0.836. The zero-order chi connectivity index (χ0) is 16.7. The van der Waals surface area contributed by atoms with E-state index in [1.54, 1.807) is 6.20 Å². The summed E-state index contributed by atoms with van der Waals surface area (Å²) < 4.78 is 0. The number of carbonyl (C=O) groups excluding carboxylic acids is 1. The van der Waals surface area contributed by atoms with Crippen LogP contribution in [0.3, 0.4) is 0 Å². The molecule has 1 N–H and O–H groups in total. The summed E-state index contributed by atoms with van der Waals surface area (Å²) in [5.41, 5.74) is 1.00. The fraction of sp³-hybridized carbons (Fsp3) is 0.667. The number of aromatic nitrogens is 1. The second kappa shape index (κ2) is 8.99. The van der Waals surface area contributed by atoms with Crippen molar-refractivity contribution in [3.8, 4) is 0 Å². The lowest BCUT2D eigenvalue weighted by Crippen LogP contribution is -2.54. The van der Waals surface area contributed by atoms with Crippen molar-refractivity contribution in [1.29, 1.82) is 0 Å². The first-order valence-electron chi connectivity index (χ1n) is 8.84. The van der Waals surface area contributed by atoms with Crippen LogP contribution < -0.4 is 5.32 Å². The molecule has 1 aliphatic heterocycles. The first kappa shape index (κ1) is 17.9. The van der Waals surface area contributed by atoms with Crippen LogP contribution in [0.5, 0.6) is 0 Å². The van der Waals surface area contributed by atoms with Crippen molar-refractivity contribution in [3.63, 3.8) is 0 Å². The zero-order valence-electron chi connectivity index (χ0n) is 14.7. The van der Waals surface area contributed by atoms with Gasteiger partial charge < -0.3 is 10.2 Å². The fourth-order valence-corrected chi connectivity index (χ4v) is 3.30. The van der Waals surface area contributed by atoms with E-state index in [9.17, 15) is 4.79 Å². The normalized spacial score (nSPS) is 20.2. The van der Waals surface area contributed by atoms with Crippen LogP contribution in [-0.4, -0.2) is 59.5 Å². The lowest BCUT2D eigenvalue weighted by atomic mass is 10.0. The van der Waals surface area contributed by atoms with E-state index in [-0.39, 0.29) is 11.9 Å². The van der Waals surface area contributed by atoms with Crippen LogP contribution in [0.1, 0.15) is 45.2 Å². The fourth-order valence-electron chi connectivity index (χ4n) is 3.30. The Labute approximate surface area is 140 Å². The first-order valence-corrected chi connectivity index (χ1v) is 8.84. The van der Waals surface area contributed by atoms with Crippen molar-refractivity contribution in [2.24, 2.45) is 0 Å². The maximum atomic E-state index is 13.3. The van der Waals surface area contributed by atoms with Crippen molar-refractivity contribution in [2.75, 3.05) is 32.7 Å². The van der Waals surface area contributed by atoms with Crippen molar-refractivity contribution in [3.05, 3.63) is 30.1 Å². The van der Waals surface area contributed by atoms with Gasteiger partial charge in [-0.1, -0.05) is 19.9 Å². The monoisotopic (exact) mass is 318 g/mol. The van der Waals surface area contributed by atoms with Gasteiger partial charge in [-0.15, -0.1) is 0 Å². The van der Waals surface area contributed by atoms with Gasteiger partial charge in [0.25, 0.3) is 0 Å². The average Bonchev–Trinajstić information content (AvgIpc) is 2.57. The molecule has 1 aromatic rings. The summed E-state index contributed by atoms with van der Waals surface area (Å²) in [5, 5.41) is 3.41. The predicted octanol–water partition coefficient (Wildman–Crippen LogP) is 2.06. The van der Waals surface area contributed by atoms with Gasteiger partial charge in [0.05, 0.1) is 0 Å². The van der Waals surface area contributed by atoms with Crippen LogP contribution in [0.2, 0.25) is 0 Å². The van der Waals surface area contributed by atoms with E-state index in [1.807, 2.05) is 23.2 Å². The molecule has 0 saturated carbocycles. The Morgan fingerprint density at radius 2 is 2.17 bits per heavy atom. The molecule has 2 rings (SSSR count). The Bertz CT molecular complexity index is 473. The molecule has 1 fully saturated rings. The predicted molar refractivity (Wildman–Crippen MR) is 93.2 cm³/mol. The molecule has 1 amide bonds. The number of hydrogen-bond acceptors (Lipinski definition) is 4. The average molecular weight is 318 g/mol. The van der Waals surface area contributed by atoms with Crippen LogP contribution in [0.4, 0.5) is 0 Å². The summed E-state index contributed by atoms with van der Waals surface area (Å²) in [6.45, 7) is 10.8. The number of rotatable bonds is 7. The maximum absolute atomic E-state index is 13.3. The van der Waals surface area contributed by atoms with Gasteiger partial charge in [0, 0.05) is 51.2 Å². The Hall–Kier alpha value is -1.46. The summed E-state index contributed by atoms with van der Waals surface area (Å²) in [7, 11) is 0. The lowest BCUT2D eigenvalue weighted by molar-refractivity contribution is -0.138. The summed E-state index contributed by atoms with van der Waals surface area (Å²) in [6, 6.07) is 4.06. The highest BCUT2D eigenvalue weighted by atomic mass is 16.2. The third-order valence-electron chi connectivity index (χ3n) is 4.42. The highest BCUT2D eigenvalue weighted by molar-refractivity contribution is 5.83. The van der Waals surface area contributed by atoms with Gasteiger partial charge in [-0.05, 0) is 31.4 Å².